The quantitative estimate of drug-likeness (QED) is 0.771. The lowest BCUT2D eigenvalue weighted by atomic mass is 10.1. The Labute approximate surface area is 118 Å². The van der Waals surface area contributed by atoms with Crippen LogP contribution in [0.4, 0.5) is 0 Å². The minimum absolute atomic E-state index is 0.215. The van der Waals surface area contributed by atoms with Crippen molar-refractivity contribution in [2.24, 2.45) is 0 Å². The first-order valence-electron chi connectivity index (χ1n) is 6.00. The van der Waals surface area contributed by atoms with E-state index in [1.165, 1.54) is 6.92 Å². The molecule has 0 aliphatic heterocycles. The van der Waals surface area contributed by atoms with Crippen LogP contribution in [0, 0.1) is 11.8 Å². The molecule has 2 N–H and O–H groups in total. The number of carbonyl (C=O) groups excluding carboxylic acids is 1. The lowest BCUT2D eigenvalue weighted by Crippen LogP contribution is -2.37. The molecule has 0 saturated heterocycles. The molecule has 108 valence electrons. The zero-order chi connectivity index (χ0) is 15.2. The molecule has 0 aliphatic carbocycles. The van der Waals surface area contributed by atoms with Gasteiger partial charge in [-0.05, 0) is 24.6 Å². The maximum absolute atomic E-state index is 11.7. The number of rotatable bonds is 4. The lowest BCUT2D eigenvalue weighted by Gasteiger charge is -2.10. The van der Waals surface area contributed by atoms with Crippen molar-refractivity contribution < 1.29 is 18.3 Å². The van der Waals surface area contributed by atoms with Gasteiger partial charge in [-0.25, -0.2) is 8.42 Å². The summed E-state index contributed by atoms with van der Waals surface area (Å²) in [5, 5.41) is 10.1. The second-order valence-corrected chi connectivity index (χ2v) is 6.72. The summed E-state index contributed by atoms with van der Waals surface area (Å²) >= 11 is 0. The first-order chi connectivity index (χ1) is 9.34. The van der Waals surface area contributed by atoms with Crippen molar-refractivity contribution in [1.29, 1.82) is 0 Å². The molecule has 0 aromatic heterocycles. The minimum atomic E-state index is -3.39. The van der Waals surface area contributed by atoms with E-state index in [9.17, 15) is 13.2 Å². The van der Waals surface area contributed by atoms with Gasteiger partial charge < -0.3 is 10.4 Å². The van der Waals surface area contributed by atoms with Gasteiger partial charge in [0.15, 0.2) is 9.84 Å². The molecule has 0 spiro atoms. The number of amides is 1. The molecule has 5 nitrogen and oxygen atoms in total. The maximum Gasteiger partial charge on any atom is 0.238 e. The van der Waals surface area contributed by atoms with E-state index in [1.807, 2.05) is 0 Å². The molecule has 0 fully saturated rings. The van der Waals surface area contributed by atoms with Gasteiger partial charge in [0.25, 0.3) is 0 Å². The highest BCUT2D eigenvalue weighted by molar-refractivity contribution is 7.92. The van der Waals surface area contributed by atoms with Crippen LogP contribution in [0.3, 0.4) is 0 Å². The number of nitrogens with one attached hydrogen (secondary N) is 1. The zero-order valence-corrected chi connectivity index (χ0v) is 12.2. The average Bonchev–Trinajstić information content (AvgIpc) is 2.41. The molecule has 1 aromatic rings. The summed E-state index contributed by atoms with van der Waals surface area (Å²) in [4.78, 5) is 11.7. The van der Waals surface area contributed by atoms with E-state index in [0.717, 1.165) is 17.4 Å². The van der Waals surface area contributed by atoms with Crippen LogP contribution in [0.2, 0.25) is 0 Å². The van der Waals surface area contributed by atoms with Crippen molar-refractivity contribution in [3.63, 3.8) is 0 Å². The van der Waals surface area contributed by atoms with Crippen molar-refractivity contribution in [1.82, 2.24) is 5.32 Å². The Kier molecular flexibility index (Phi) is 5.74. The molecule has 0 heterocycles. The van der Waals surface area contributed by atoms with Crippen LogP contribution in [0.1, 0.15) is 18.1 Å². The van der Waals surface area contributed by atoms with E-state index in [2.05, 4.69) is 17.2 Å². The Morgan fingerprint density at radius 3 is 2.75 bits per heavy atom. The summed E-state index contributed by atoms with van der Waals surface area (Å²) in [6.07, 6.45) is 1.03. The Bertz CT molecular complexity index is 641. The molecule has 1 unspecified atom stereocenters. The minimum Gasteiger partial charge on any atom is -0.384 e. The van der Waals surface area contributed by atoms with Crippen LogP contribution in [0.5, 0.6) is 0 Å². The van der Waals surface area contributed by atoms with E-state index in [4.69, 9.17) is 5.11 Å². The number of hydrogen-bond acceptors (Lipinski definition) is 4. The highest BCUT2D eigenvalue weighted by atomic mass is 32.2. The summed E-state index contributed by atoms with van der Waals surface area (Å²) in [7, 11) is -3.39. The molecule has 1 rings (SSSR count). The maximum atomic E-state index is 11.7. The largest absolute Gasteiger partial charge is 0.384 e. The zero-order valence-electron chi connectivity index (χ0n) is 11.4. The highest BCUT2D eigenvalue weighted by Crippen LogP contribution is 2.05. The second kappa shape index (κ2) is 7.08. The van der Waals surface area contributed by atoms with Gasteiger partial charge in [-0.2, -0.15) is 0 Å². The van der Waals surface area contributed by atoms with Crippen LogP contribution in [0.25, 0.3) is 0 Å². The Hall–Kier alpha value is -1.84. The number of aliphatic hydroxyl groups is 1. The van der Waals surface area contributed by atoms with Crippen LogP contribution in [-0.4, -0.2) is 37.5 Å². The van der Waals surface area contributed by atoms with Crippen LogP contribution in [0.15, 0.2) is 24.3 Å². The highest BCUT2D eigenvalue weighted by Gasteiger charge is 2.22. The van der Waals surface area contributed by atoms with E-state index in [0.29, 0.717) is 0 Å². The fraction of sp³-hybridized carbons (Fsp3) is 0.357. The molecule has 1 aromatic carbocycles. The summed E-state index contributed by atoms with van der Waals surface area (Å²) < 4.78 is 22.5. The van der Waals surface area contributed by atoms with Crippen molar-refractivity contribution in [3.05, 3.63) is 35.4 Å². The molecular formula is C14H17NO4S. The van der Waals surface area contributed by atoms with Gasteiger partial charge >= 0.3 is 0 Å². The third-order valence-corrected chi connectivity index (χ3v) is 4.22. The van der Waals surface area contributed by atoms with Crippen molar-refractivity contribution >= 4 is 15.7 Å². The number of hydrogen-bond donors (Lipinski definition) is 2. The van der Waals surface area contributed by atoms with Gasteiger partial charge in [0, 0.05) is 18.4 Å². The molecule has 20 heavy (non-hydrogen) atoms. The van der Waals surface area contributed by atoms with Gasteiger partial charge in [-0.3, -0.25) is 4.79 Å². The van der Waals surface area contributed by atoms with Gasteiger partial charge in [-0.1, -0.05) is 24.0 Å². The van der Waals surface area contributed by atoms with E-state index in [1.54, 1.807) is 24.3 Å². The van der Waals surface area contributed by atoms with Gasteiger partial charge in [0.2, 0.25) is 5.91 Å². The van der Waals surface area contributed by atoms with Crippen LogP contribution < -0.4 is 5.32 Å². The summed E-state index contributed by atoms with van der Waals surface area (Å²) in [5.74, 6) is 4.77. The molecule has 0 radical (unpaired) electrons. The molecule has 0 bridgehead atoms. The molecule has 1 amide bonds. The van der Waals surface area contributed by atoms with Crippen molar-refractivity contribution in [2.75, 3.05) is 12.9 Å². The topological polar surface area (TPSA) is 83.5 Å². The number of aliphatic hydroxyl groups excluding tert-OH is 1. The fourth-order valence-corrected chi connectivity index (χ4v) is 1.90. The number of sulfone groups is 1. The Morgan fingerprint density at radius 2 is 2.15 bits per heavy atom. The molecule has 0 saturated carbocycles. The van der Waals surface area contributed by atoms with Gasteiger partial charge in [0.1, 0.15) is 11.9 Å². The first kappa shape index (κ1) is 16.2. The molecular weight excluding hydrogens is 278 g/mol. The molecule has 0 aliphatic rings. The van der Waals surface area contributed by atoms with Gasteiger partial charge in [-0.15, -0.1) is 0 Å². The normalized spacial score (nSPS) is 12.2. The smallest absolute Gasteiger partial charge is 0.238 e. The predicted octanol–water partition coefficient (Wildman–Crippen LogP) is 0.0797. The van der Waals surface area contributed by atoms with Crippen molar-refractivity contribution in [2.45, 2.75) is 18.7 Å². The monoisotopic (exact) mass is 295 g/mol. The lowest BCUT2D eigenvalue weighted by molar-refractivity contribution is -0.120. The standard InChI is InChI=1S/C14H17NO4S/c1-11(20(2,18)19)14(17)15-10-13-6-3-5-12(9-13)7-4-8-16/h3,5-6,9,11,16H,8,10H2,1-2H3,(H,15,17). The summed E-state index contributed by atoms with van der Waals surface area (Å²) in [5.41, 5.74) is 1.53. The van der Waals surface area contributed by atoms with Gasteiger partial charge in [0.05, 0.1) is 0 Å². The Balaban J connectivity index is 2.69. The fourth-order valence-electron chi connectivity index (χ4n) is 1.43. The first-order valence-corrected chi connectivity index (χ1v) is 7.95. The average molecular weight is 295 g/mol. The third-order valence-electron chi connectivity index (χ3n) is 2.72. The predicted molar refractivity (Wildman–Crippen MR) is 76.6 cm³/mol. The van der Waals surface area contributed by atoms with Crippen LogP contribution >= 0.6 is 0 Å². The van der Waals surface area contributed by atoms with Crippen molar-refractivity contribution in [3.8, 4) is 11.8 Å². The third kappa shape index (κ3) is 5.03. The number of carbonyl (C=O) groups is 1. The van der Waals surface area contributed by atoms with E-state index in [-0.39, 0.29) is 13.2 Å². The summed E-state index contributed by atoms with van der Waals surface area (Å²) in [6, 6.07) is 7.14. The summed E-state index contributed by atoms with van der Waals surface area (Å²) in [6.45, 7) is 1.37. The Morgan fingerprint density at radius 1 is 1.45 bits per heavy atom. The van der Waals surface area contributed by atoms with E-state index < -0.39 is 21.0 Å². The SMILES string of the molecule is CC(C(=O)NCc1cccc(C#CCO)c1)S(C)(=O)=O. The molecule has 1 atom stereocenters. The number of benzene rings is 1. The van der Waals surface area contributed by atoms with Crippen LogP contribution in [-0.2, 0) is 21.2 Å². The molecule has 6 heteroatoms. The van der Waals surface area contributed by atoms with E-state index >= 15 is 0 Å². The second-order valence-electron chi connectivity index (χ2n) is 4.35.